The SMILES string of the molecule is O=S1(=O)CCCCN1CCC1=CCNCC1. The zero-order chi connectivity index (χ0) is 11.4. The van der Waals surface area contributed by atoms with E-state index < -0.39 is 10.0 Å². The molecule has 0 aromatic rings. The van der Waals surface area contributed by atoms with Crippen LogP contribution in [-0.4, -0.2) is 44.7 Å². The molecule has 92 valence electrons. The maximum Gasteiger partial charge on any atom is 0.214 e. The van der Waals surface area contributed by atoms with Crippen LogP contribution in [0.5, 0.6) is 0 Å². The van der Waals surface area contributed by atoms with E-state index in [1.54, 1.807) is 4.31 Å². The predicted octanol–water partition coefficient (Wildman–Crippen LogP) is 0.722. The molecular weight excluding hydrogens is 224 g/mol. The summed E-state index contributed by atoms with van der Waals surface area (Å²) in [7, 11) is -2.93. The molecule has 0 atom stereocenters. The average molecular weight is 244 g/mol. The van der Waals surface area contributed by atoms with Gasteiger partial charge in [-0.1, -0.05) is 11.6 Å². The Morgan fingerprint density at radius 1 is 1.38 bits per heavy atom. The number of hydrogen-bond donors (Lipinski definition) is 1. The number of sulfonamides is 1. The van der Waals surface area contributed by atoms with Crippen molar-refractivity contribution in [3.63, 3.8) is 0 Å². The molecule has 2 aliphatic rings. The second-order valence-corrected chi connectivity index (χ2v) is 6.58. The molecule has 4 nitrogen and oxygen atoms in total. The molecule has 0 unspecified atom stereocenters. The van der Waals surface area contributed by atoms with E-state index in [2.05, 4.69) is 11.4 Å². The van der Waals surface area contributed by atoms with Gasteiger partial charge in [-0.05, 0) is 32.2 Å². The minimum absolute atomic E-state index is 0.341. The first-order valence-electron chi connectivity index (χ1n) is 6.05. The Bertz CT molecular complexity index is 362. The molecule has 16 heavy (non-hydrogen) atoms. The molecule has 0 saturated carbocycles. The molecule has 0 aliphatic carbocycles. The number of nitrogens with zero attached hydrogens (tertiary/aromatic N) is 1. The molecule has 1 saturated heterocycles. The molecule has 1 fully saturated rings. The van der Waals surface area contributed by atoms with Gasteiger partial charge in [-0.3, -0.25) is 0 Å². The van der Waals surface area contributed by atoms with Crippen molar-refractivity contribution in [2.75, 3.05) is 31.9 Å². The van der Waals surface area contributed by atoms with Crippen molar-refractivity contribution in [3.8, 4) is 0 Å². The average Bonchev–Trinajstić information content (AvgIpc) is 2.28. The first-order chi connectivity index (χ1) is 7.68. The van der Waals surface area contributed by atoms with Crippen LogP contribution in [0.15, 0.2) is 11.6 Å². The van der Waals surface area contributed by atoms with Gasteiger partial charge in [-0.15, -0.1) is 0 Å². The summed E-state index contributed by atoms with van der Waals surface area (Å²) in [5.74, 6) is 0.341. The Labute approximate surface area is 97.8 Å². The summed E-state index contributed by atoms with van der Waals surface area (Å²) in [5.41, 5.74) is 1.40. The summed E-state index contributed by atoms with van der Waals surface area (Å²) in [6.45, 7) is 3.35. The van der Waals surface area contributed by atoms with Crippen LogP contribution >= 0.6 is 0 Å². The van der Waals surface area contributed by atoms with Crippen molar-refractivity contribution in [2.24, 2.45) is 0 Å². The van der Waals surface area contributed by atoms with Gasteiger partial charge in [0.2, 0.25) is 10.0 Å². The topological polar surface area (TPSA) is 49.4 Å². The van der Waals surface area contributed by atoms with Crippen LogP contribution in [0, 0.1) is 0 Å². The summed E-state index contributed by atoms with van der Waals surface area (Å²) >= 11 is 0. The largest absolute Gasteiger partial charge is 0.313 e. The number of nitrogens with one attached hydrogen (secondary N) is 1. The smallest absolute Gasteiger partial charge is 0.214 e. The highest BCUT2D eigenvalue weighted by molar-refractivity contribution is 7.89. The normalized spacial score (nSPS) is 26.4. The van der Waals surface area contributed by atoms with Gasteiger partial charge < -0.3 is 5.32 Å². The zero-order valence-electron chi connectivity index (χ0n) is 9.61. The van der Waals surface area contributed by atoms with E-state index in [0.29, 0.717) is 18.8 Å². The first-order valence-corrected chi connectivity index (χ1v) is 7.66. The highest BCUT2D eigenvalue weighted by Gasteiger charge is 2.25. The highest BCUT2D eigenvalue weighted by Crippen LogP contribution is 2.17. The standard InChI is InChI=1S/C11H20N2O2S/c14-16(15)10-2-1-8-13(16)9-5-11-3-6-12-7-4-11/h3,12H,1-2,4-10H2. The summed E-state index contributed by atoms with van der Waals surface area (Å²) in [4.78, 5) is 0. The predicted molar refractivity (Wildman–Crippen MR) is 64.8 cm³/mol. The third-order valence-corrected chi connectivity index (χ3v) is 5.25. The van der Waals surface area contributed by atoms with Crippen LogP contribution in [0.2, 0.25) is 0 Å². The van der Waals surface area contributed by atoms with Crippen LogP contribution in [-0.2, 0) is 10.0 Å². The van der Waals surface area contributed by atoms with E-state index in [4.69, 9.17) is 0 Å². The van der Waals surface area contributed by atoms with Gasteiger partial charge in [0.25, 0.3) is 0 Å². The van der Waals surface area contributed by atoms with Crippen molar-refractivity contribution in [1.82, 2.24) is 9.62 Å². The maximum absolute atomic E-state index is 11.7. The van der Waals surface area contributed by atoms with Gasteiger partial charge in [-0.2, -0.15) is 0 Å². The molecule has 0 aromatic heterocycles. The molecule has 0 radical (unpaired) electrons. The van der Waals surface area contributed by atoms with E-state index in [9.17, 15) is 8.42 Å². The second kappa shape index (κ2) is 5.29. The van der Waals surface area contributed by atoms with Gasteiger partial charge in [0, 0.05) is 19.6 Å². The summed E-state index contributed by atoms with van der Waals surface area (Å²) in [5, 5.41) is 3.26. The van der Waals surface area contributed by atoms with Crippen molar-refractivity contribution in [3.05, 3.63) is 11.6 Å². The molecule has 0 aromatic carbocycles. The summed E-state index contributed by atoms with van der Waals surface area (Å²) in [6.07, 6.45) is 6.00. The lowest BCUT2D eigenvalue weighted by Crippen LogP contribution is -2.38. The van der Waals surface area contributed by atoms with Crippen molar-refractivity contribution in [1.29, 1.82) is 0 Å². The quantitative estimate of drug-likeness (QED) is 0.744. The fourth-order valence-electron chi connectivity index (χ4n) is 2.26. The van der Waals surface area contributed by atoms with Crippen LogP contribution in [0.25, 0.3) is 0 Å². The third kappa shape index (κ3) is 3.06. The van der Waals surface area contributed by atoms with Crippen molar-refractivity contribution < 1.29 is 8.42 Å². The van der Waals surface area contributed by atoms with E-state index in [0.717, 1.165) is 38.8 Å². The number of hydrogen-bond acceptors (Lipinski definition) is 3. The van der Waals surface area contributed by atoms with Gasteiger partial charge in [0.05, 0.1) is 5.75 Å². The Morgan fingerprint density at radius 3 is 2.94 bits per heavy atom. The molecular formula is C11H20N2O2S. The third-order valence-electron chi connectivity index (χ3n) is 3.29. The lowest BCUT2D eigenvalue weighted by Gasteiger charge is -2.27. The fourth-order valence-corrected chi connectivity index (χ4v) is 3.86. The van der Waals surface area contributed by atoms with Crippen molar-refractivity contribution in [2.45, 2.75) is 25.7 Å². The van der Waals surface area contributed by atoms with Gasteiger partial charge >= 0.3 is 0 Å². The van der Waals surface area contributed by atoms with Gasteiger partial charge in [0.15, 0.2) is 0 Å². The lowest BCUT2D eigenvalue weighted by atomic mass is 10.1. The van der Waals surface area contributed by atoms with E-state index in [1.807, 2.05) is 0 Å². The molecule has 2 rings (SSSR count). The maximum atomic E-state index is 11.7. The molecule has 2 heterocycles. The minimum atomic E-state index is -2.93. The highest BCUT2D eigenvalue weighted by atomic mass is 32.2. The minimum Gasteiger partial charge on any atom is -0.313 e. The van der Waals surface area contributed by atoms with E-state index >= 15 is 0 Å². The Morgan fingerprint density at radius 2 is 2.25 bits per heavy atom. The Balaban J connectivity index is 1.86. The molecule has 0 amide bonds. The second-order valence-electron chi connectivity index (χ2n) is 4.49. The molecule has 0 spiro atoms. The Kier molecular flexibility index (Phi) is 4.00. The van der Waals surface area contributed by atoms with E-state index in [-0.39, 0.29) is 0 Å². The van der Waals surface area contributed by atoms with Crippen LogP contribution in [0.3, 0.4) is 0 Å². The molecule has 5 heteroatoms. The van der Waals surface area contributed by atoms with Crippen molar-refractivity contribution >= 4 is 10.0 Å². The van der Waals surface area contributed by atoms with Crippen LogP contribution < -0.4 is 5.32 Å². The first kappa shape index (κ1) is 12.1. The van der Waals surface area contributed by atoms with E-state index in [1.165, 1.54) is 5.57 Å². The zero-order valence-corrected chi connectivity index (χ0v) is 10.4. The summed E-state index contributed by atoms with van der Waals surface area (Å²) < 4.78 is 25.2. The monoisotopic (exact) mass is 244 g/mol. The lowest BCUT2D eigenvalue weighted by molar-refractivity contribution is 0.384. The molecule has 0 bridgehead atoms. The number of rotatable bonds is 3. The van der Waals surface area contributed by atoms with Gasteiger partial charge in [0.1, 0.15) is 0 Å². The molecule has 1 N–H and O–H groups in total. The van der Waals surface area contributed by atoms with Crippen LogP contribution in [0.4, 0.5) is 0 Å². The Hall–Kier alpha value is -0.390. The summed E-state index contributed by atoms with van der Waals surface area (Å²) in [6, 6.07) is 0. The van der Waals surface area contributed by atoms with Gasteiger partial charge in [-0.25, -0.2) is 12.7 Å². The fraction of sp³-hybridized carbons (Fsp3) is 0.818. The van der Waals surface area contributed by atoms with Crippen LogP contribution in [0.1, 0.15) is 25.7 Å². The molecule has 2 aliphatic heterocycles.